The third kappa shape index (κ3) is 5.67. The summed E-state index contributed by atoms with van der Waals surface area (Å²) in [5, 5.41) is 6.68. The molecule has 10 heteroatoms. The van der Waals surface area contributed by atoms with Gasteiger partial charge in [0.1, 0.15) is 5.82 Å². The molecule has 2 aromatic rings. The molecule has 1 aliphatic heterocycles. The molecule has 3 heterocycles. The average molecular weight is 566 g/mol. The maximum absolute atomic E-state index is 6.65. The fourth-order valence-corrected chi connectivity index (χ4v) is 7.44. The molecule has 7 nitrogen and oxygen atoms in total. The van der Waals surface area contributed by atoms with Crippen molar-refractivity contribution in [1.82, 2.24) is 19.7 Å². The second kappa shape index (κ2) is 9.87. The zero-order chi connectivity index (χ0) is 27.6. The molecule has 37 heavy (non-hydrogen) atoms. The molecule has 1 atom stereocenters. The summed E-state index contributed by atoms with van der Waals surface area (Å²) in [7, 11) is -3.62. The van der Waals surface area contributed by atoms with Gasteiger partial charge in [0.2, 0.25) is 5.28 Å². The van der Waals surface area contributed by atoms with Crippen molar-refractivity contribution in [2.24, 2.45) is 0 Å². The molecule has 0 amide bonds. The minimum atomic E-state index is -1.83. The van der Waals surface area contributed by atoms with Crippen LogP contribution in [0.4, 0.5) is 5.82 Å². The van der Waals surface area contributed by atoms with Crippen molar-refractivity contribution in [3.05, 3.63) is 11.0 Å². The van der Waals surface area contributed by atoms with Crippen molar-refractivity contribution < 1.29 is 8.85 Å². The molecule has 208 valence electrons. The topological polar surface area (TPSA) is 65.3 Å². The highest BCUT2D eigenvalue weighted by molar-refractivity contribution is 6.74. The van der Waals surface area contributed by atoms with Gasteiger partial charge in [-0.05, 0) is 80.5 Å². The van der Waals surface area contributed by atoms with E-state index in [0.717, 1.165) is 61.4 Å². The summed E-state index contributed by atoms with van der Waals surface area (Å²) in [6, 6.07) is 0.568. The van der Waals surface area contributed by atoms with Gasteiger partial charge in [0.05, 0.1) is 29.8 Å². The predicted molar refractivity (Wildman–Crippen MR) is 159 cm³/mol. The number of fused-ring (bicyclic) bond motifs is 1. The minimum Gasteiger partial charge on any atom is -0.415 e. The van der Waals surface area contributed by atoms with E-state index >= 15 is 0 Å². The number of aryl methyl sites for hydroxylation is 1. The number of hydrogen-bond acceptors (Lipinski definition) is 6. The summed E-state index contributed by atoms with van der Waals surface area (Å²) in [6.45, 7) is 26.8. The number of rotatable bonds is 7. The third-order valence-electron chi connectivity index (χ3n) is 9.46. The molecule has 1 saturated carbocycles. The van der Waals surface area contributed by atoms with E-state index < -0.39 is 16.6 Å². The quantitative estimate of drug-likeness (QED) is 0.256. The zero-order valence-corrected chi connectivity index (χ0v) is 27.7. The Kier molecular flexibility index (Phi) is 7.74. The first-order chi connectivity index (χ1) is 16.9. The molecule has 0 spiro atoms. The largest absolute Gasteiger partial charge is 0.415 e. The SMILES string of the molecule is Cc1nn(C2CC(O[Si](C)(C)C(C)(C)C)C2)c2nc(Cl)nc(N3CCCC3CO[Si](C)(C)C(C)(C)C)c12. The predicted octanol–water partition coefficient (Wildman–Crippen LogP) is 7.50. The van der Waals surface area contributed by atoms with Gasteiger partial charge in [-0.25, -0.2) is 4.68 Å². The van der Waals surface area contributed by atoms with Crippen LogP contribution in [-0.4, -0.2) is 61.7 Å². The maximum Gasteiger partial charge on any atom is 0.226 e. The van der Waals surface area contributed by atoms with Gasteiger partial charge in [0.25, 0.3) is 0 Å². The van der Waals surface area contributed by atoms with Gasteiger partial charge in [-0.15, -0.1) is 0 Å². The van der Waals surface area contributed by atoms with Crippen molar-refractivity contribution in [3.8, 4) is 0 Å². The highest BCUT2D eigenvalue weighted by atomic mass is 35.5. The van der Waals surface area contributed by atoms with Crippen molar-refractivity contribution in [3.63, 3.8) is 0 Å². The summed E-state index contributed by atoms with van der Waals surface area (Å²) >= 11 is 6.54. The van der Waals surface area contributed by atoms with E-state index in [4.69, 9.17) is 30.5 Å². The Morgan fingerprint density at radius 1 is 0.973 bits per heavy atom. The van der Waals surface area contributed by atoms with Crippen LogP contribution in [0.2, 0.25) is 41.5 Å². The Morgan fingerprint density at radius 2 is 1.59 bits per heavy atom. The summed E-state index contributed by atoms with van der Waals surface area (Å²) in [4.78, 5) is 11.8. The smallest absolute Gasteiger partial charge is 0.226 e. The highest BCUT2D eigenvalue weighted by Gasteiger charge is 2.44. The van der Waals surface area contributed by atoms with E-state index in [1.54, 1.807) is 0 Å². The van der Waals surface area contributed by atoms with E-state index in [1.807, 2.05) is 0 Å². The Morgan fingerprint density at radius 3 is 2.19 bits per heavy atom. The van der Waals surface area contributed by atoms with Crippen molar-refractivity contribution in [2.45, 2.75) is 129 Å². The van der Waals surface area contributed by atoms with E-state index in [9.17, 15) is 0 Å². The standard InChI is InChI=1S/C27H48ClN5O2Si2/c1-18-22-23(32-14-12-13-19(32)17-34-36(8,9)26(2,3)4)29-25(28)30-24(22)33(31-18)20-15-21(16-20)35-37(10,11)27(5,6)7/h19-21H,12-17H2,1-11H3. The molecule has 1 saturated heterocycles. The van der Waals surface area contributed by atoms with Gasteiger partial charge in [-0.1, -0.05) is 41.5 Å². The van der Waals surface area contributed by atoms with Crippen LogP contribution in [0.25, 0.3) is 11.0 Å². The maximum atomic E-state index is 6.65. The Bertz CT molecular complexity index is 1130. The van der Waals surface area contributed by atoms with Crippen molar-refractivity contribution >= 4 is 45.1 Å². The molecule has 1 aliphatic carbocycles. The van der Waals surface area contributed by atoms with Crippen LogP contribution in [0.5, 0.6) is 0 Å². The lowest BCUT2D eigenvalue weighted by molar-refractivity contribution is 0.0543. The summed E-state index contributed by atoms with van der Waals surface area (Å²) in [6.07, 6.45) is 4.44. The van der Waals surface area contributed by atoms with Gasteiger partial charge in [-0.2, -0.15) is 15.1 Å². The van der Waals surface area contributed by atoms with Crippen LogP contribution < -0.4 is 4.90 Å². The molecule has 4 rings (SSSR count). The van der Waals surface area contributed by atoms with Crippen LogP contribution >= 0.6 is 11.6 Å². The van der Waals surface area contributed by atoms with Gasteiger partial charge in [0.15, 0.2) is 22.3 Å². The van der Waals surface area contributed by atoms with Crippen LogP contribution in [0.15, 0.2) is 0 Å². The number of anilines is 1. The molecule has 0 radical (unpaired) electrons. The normalized spacial score (nSPS) is 23.7. The lowest BCUT2D eigenvalue weighted by atomic mass is 9.90. The van der Waals surface area contributed by atoms with Crippen LogP contribution in [0, 0.1) is 6.92 Å². The number of hydrogen-bond donors (Lipinski definition) is 0. The second-order valence-electron chi connectivity index (χ2n) is 14.2. The Balaban J connectivity index is 1.56. The monoisotopic (exact) mass is 565 g/mol. The first-order valence-corrected chi connectivity index (χ1v) is 20.1. The summed E-state index contributed by atoms with van der Waals surface area (Å²) in [5.74, 6) is 0.911. The van der Waals surface area contributed by atoms with Crippen LogP contribution in [0.3, 0.4) is 0 Å². The van der Waals surface area contributed by atoms with Gasteiger partial charge >= 0.3 is 0 Å². The molecule has 0 bridgehead atoms. The Labute approximate surface area is 230 Å². The number of nitrogens with zero attached hydrogens (tertiary/aromatic N) is 5. The second-order valence-corrected chi connectivity index (χ2v) is 24.1. The summed E-state index contributed by atoms with van der Waals surface area (Å²) in [5.41, 5.74) is 1.81. The first kappa shape index (κ1) is 29.0. The zero-order valence-electron chi connectivity index (χ0n) is 24.9. The molecule has 2 aliphatic rings. The van der Waals surface area contributed by atoms with Crippen LogP contribution in [0.1, 0.15) is 79.0 Å². The molecule has 2 fully saturated rings. The average Bonchev–Trinajstić information content (AvgIpc) is 3.31. The van der Waals surface area contributed by atoms with Gasteiger partial charge in [-0.3, -0.25) is 0 Å². The molecular formula is C27H48ClN5O2Si2. The molecular weight excluding hydrogens is 518 g/mol. The molecule has 1 unspecified atom stereocenters. The van der Waals surface area contributed by atoms with Gasteiger partial charge in [0, 0.05) is 12.6 Å². The van der Waals surface area contributed by atoms with E-state index in [2.05, 4.69) is 89.2 Å². The van der Waals surface area contributed by atoms with E-state index in [-0.39, 0.29) is 33.5 Å². The van der Waals surface area contributed by atoms with E-state index in [0.29, 0.717) is 0 Å². The molecule has 2 aromatic heterocycles. The van der Waals surface area contributed by atoms with Crippen molar-refractivity contribution in [1.29, 1.82) is 0 Å². The Hall–Kier alpha value is -1.01. The highest BCUT2D eigenvalue weighted by Crippen LogP contribution is 2.44. The fourth-order valence-electron chi connectivity index (χ4n) is 4.86. The van der Waals surface area contributed by atoms with Crippen LogP contribution in [-0.2, 0) is 8.85 Å². The third-order valence-corrected chi connectivity index (χ3v) is 18.7. The van der Waals surface area contributed by atoms with Gasteiger partial charge < -0.3 is 13.8 Å². The number of halogens is 1. The molecule has 0 aromatic carbocycles. The molecule has 0 N–H and O–H groups in total. The minimum absolute atomic E-state index is 0.189. The lowest BCUT2D eigenvalue weighted by Gasteiger charge is -2.44. The fraction of sp³-hybridized carbons (Fsp3) is 0.815. The lowest BCUT2D eigenvalue weighted by Crippen LogP contribution is -2.48. The number of aromatic nitrogens is 4. The van der Waals surface area contributed by atoms with E-state index in [1.165, 1.54) is 0 Å². The van der Waals surface area contributed by atoms with Crippen molar-refractivity contribution in [2.75, 3.05) is 18.1 Å². The first-order valence-electron chi connectivity index (χ1n) is 13.9. The summed E-state index contributed by atoms with van der Waals surface area (Å²) < 4.78 is 15.4.